The Morgan fingerprint density at radius 2 is 2.00 bits per heavy atom. The molecule has 1 fully saturated rings. The summed E-state index contributed by atoms with van der Waals surface area (Å²) in [6.07, 6.45) is 5.37. The number of aromatic amines is 1. The smallest absolute Gasteiger partial charge is 0.341 e. The molecule has 1 aromatic carbocycles. The molecule has 0 spiro atoms. The Morgan fingerprint density at radius 3 is 2.71 bits per heavy atom. The number of rotatable bonds is 6. The summed E-state index contributed by atoms with van der Waals surface area (Å²) in [6.45, 7) is 2.23. The molecule has 4 aromatic heterocycles. The van der Waals surface area contributed by atoms with Crippen molar-refractivity contribution in [3.8, 4) is 11.1 Å². The van der Waals surface area contributed by atoms with E-state index in [2.05, 4.69) is 30.1 Å². The Kier molecular flexibility index (Phi) is 6.37. The first kappa shape index (κ1) is 26.6. The number of H-pyrrole nitrogens is 1. The fourth-order valence-corrected chi connectivity index (χ4v) is 6.04. The minimum Gasteiger partial charge on any atom is -0.477 e. The fraction of sp³-hybridized carbons (Fsp3) is 0.310. The van der Waals surface area contributed by atoms with Crippen LogP contribution in [-0.2, 0) is 7.05 Å². The second-order valence-corrected chi connectivity index (χ2v) is 10.8. The number of aryl methyl sites for hydroxylation is 1. The predicted molar refractivity (Wildman–Crippen MR) is 155 cm³/mol. The number of fused-ring (bicyclic) bond motifs is 4. The zero-order valence-electron chi connectivity index (χ0n) is 23.0. The van der Waals surface area contributed by atoms with Crippen LogP contribution in [0.25, 0.3) is 44.1 Å². The highest BCUT2D eigenvalue weighted by Gasteiger charge is 2.30. The number of hydrogen-bond donors (Lipinski definition) is 3. The summed E-state index contributed by atoms with van der Waals surface area (Å²) in [4.78, 5) is 41.4. The van der Waals surface area contributed by atoms with Gasteiger partial charge in [-0.3, -0.25) is 4.79 Å². The summed E-state index contributed by atoms with van der Waals surface area (Å²) in [7, 11) is 7.29. The Hall–Kier alpha value is -4.58. The summed E-state index contributed by atoms with van der Waals surface area (Å²) in [5.41, 5.74) is 2.24. The molecule has 12 heteroatoms. The molecule has 0 saturated carbocycles. The van der Waals surface area contributed by atoms with Gasteiger partial charge in [-0.1, -0.05) is 0 Å². The summed E-state index contributed by atoms with van der Waals surface area (Å²) in [6, 6.07) is 2.71. The minimum atomic E-state index is -1.33. The van der Waals surface area contributed by atoms with E-state index >= 15 is 4.39 Å². The van der Waals surface area contributed by atoms with Crippen molar-refractivity contribution in [2.75, 3.05) is 51.0 Å². The number of aromatic nitrogens is 4. The van der Waals surface area contributed by atoms with Crippen LogP contribution in [0.15, 0.2) is 35.5 Å². The zero-order chi connectivity index (χ0) is 29.2. The molecular weight excluding hydrogens is 532 g/mol. The molecule has 6 rings (SSSR count). The first-order valence-electron chi connectivity index (χ1n) is 13.2. The fourth-order valence-electron chi connectivity index (χ4n) is 6.04. The van der Waals surface area contributed by atoms with E-state index in [0.29, 0.717) is 63.7 Å². The molecule has 41 heavy (non-hydrogen) atoms. The molecule has 3 N–H and O–H groups in total. The number of pyridine rings is 3. The molecule has 1 aliphatic rings. The Morgan fingerprint density at radius 1 is 1.22 bits per heavy atom. The summed E-state index contributed by atoms with van der Waals surface area (Å²) < 4.78 is 31.9. The van der Waals surface area contributed by atoms with Crippen molar-refractivity contribution in [1.82, 2.24) is 24.4 Å². The van der Waals surface area contributed by atoms with Crippen LogP contribution >= 0.6 is 0 Å². The number of nitrogens with one attached hydrogen (secondary N) is 2. The summed E-state index contributed by atoms with van der Waals surface area (Å²) >= 11 is 0. The molecule has 1 aliphatic heterocycles. The number of hydrogen-bond acceptors (Lipinski definition) is 7. The predicted octanol–water partition coefficient (Wildman–Crippen LogP) is 4.04. The highest BCUT2D eigenvalue weighted by Crippen LogP contribution is 2.44. The van der Waals surface area contributed by atoms with Crippen molar-refractivity contribution in [2.45, 2.75) is 6.42 Å². The molecule has 1 saturated heterocycles. The normalized spacial score (nSPS) is 15.6. The standard InChI is InChI=1S/C29H29F2N7O3/c1-32-20-8-19(30)23(31)21-22-25(38-6-5-14(12-38)11-36(2)3)17(10-33-27(22)35-24(20)21)15-7-16-26(39)18(29(40)41)13-37(4)28(16)34-9-15/h7-10,13-14,32H,5-6,11-12H2,1-4H3,(H,33,35)(H,40,41). The van der Waals surface area contributed by atoms with Crippen molar-refractivity contribution in [1.29, 1.82) is 0 Å². The molecule has 10 nitrogen and oxygen atoms in total. The molecule has 1 unspecified atom stereocenters. The van der Waals surface area contributed by atoms with Crippen molar-refractivity contribution in [3.63, 3.8) is 0 Å². The van der Waals surface area contributed by atoms with E-state index in [1.54, 1.807) is 32.6 Å². The molecule has 1 atom stereocenters. The largest absolute Gasteiger partial charge is 0.477 e. The zero-order valence-corrected chi connectivity index (χ0v) is 23.0. The number of carboxylic acids is 1. The number of carbonyl (C=O) groups is 1. The van der Waals surface area contributed by atoms with E-state index in [1.165, 1.54) is 10.8 Å². The molecule has 0 bridgehead atoms. The lowest BCUT2D eigenvalue weighted by Crippen LogP contribution is -2.26. The molecule has 0 amide bonds. The van der Waals surface area contributed by atoms with Gasteiger partial charge in [0.25, 0.3) is 0 Å². The van der Waals surface area contributed by atoms with Crippen LogP contribution in [-0.4, -0.2) is 76.3 Å². The van der Waals surface area contributed by atoms with Gasteiger partial charge in [-0.15, -0.1) is 0 Å². The molecular formula is C29H29F2N7O3. The Labute approximate surface area is 233 Å². The number of carboxylic acid groups (broad SMARTS) is 1. The van der Waals surface area contributed by atoms with Gasteiger partial charge in [0.15, 0.2) is 11.6 Å². The Balaban J connectivity index is 1.67. The van der Waals surface area contributed by atoms with Crippen LogP contribution in [0.3, 0.4) is 0 Å². The third-order valence-electron chi connectivity index (χ3n) is 7.81. The molecule has 212 valence electrons. The van der Waals surface area contributed by atoms with Gasteiger partial charge in [0, 0.05) is 69.5 Å². The first-order valence-corrected chi connectivity index (χ1v) is 13.2. The van der Waals surface area contributed by atoms with Crippen LogP contribution in [0.5, 0.6) is 0 Å². The second kappa shape index (κ2) is 9.81. The second-order valence-electron chi connectivity index (χ2n) is 10.8. The Bertz CT molecular complexity index is 1930. The van der Waals surface area contributed by atoms with Gasteiger partial charge in [0.05, 0.1) is 33.1 Å². The van der Waals surface area contributed by atoms with Gasteiger partial charge in [-0.2, -0.15) is 0 Å². The number of halogens is 2. The topological polar surface area (TPSA) is 119 Å². The average Bonchev–Trinajstić information content (AvgIpc) is 3.56. The molecule has 5 aromatic rings. The summed E-state index contributed by atoms with van der Waals surface area (Å²) in [5.74, 6) is -2.95. The monoisotopic (exact) mass is 561 g/mol. The quantitative estimate of drug-likeness (QED) is 0.284. The van der Waals surface area contributed by atoms with Crippen molar-refractivity contribution >= 4 is 50.3 Å². The van der Waals surface area contributed by atoms with Crippen molar-refractivity contribution in [3.05, 3.63) is 58.1 Å². The summed E-state index contributed by atoms with van der Waals surface area (Å²) in [5, 5.41) is 13.2. The molecule has 5 heterocycles. The maximum atomic E-state index is 15.6. The number of anilines is 2. The van der Waals surface area contributed by atoms with Gasteiger partial charge >= 0.3 is 5.97 Å². The van der Waals surface area contributed by atoms with E-state index in [1.807, 2.05) is 14.1 Å². The first-order chi connectivity index (χ1) is 19.6. The highest BCUT2D eigenvalue weighted by atomic mass is 19.2. The van der Waals surface area contributed by atoms with Gasteiger partial charge < -0.3 is 29.8 Å². The van der Waals surface area contributed by atoms with E-state index in [9.17, 15) is 19.1 Å². The van der Waals surface area contributed by atoms with Gasteiger partial charge in [0.1, 0.15) is 16.9 Å². The van der Waals surface area contributed by atoms with E-state index < -0.39 is 23.0 Å². The maximum absolute atomic E-state index is 15.6. The van der Waals surface area contributed by atoms with Crippen LogP contribution in [0, 0.1) is 17.6 Å². The maximum Gasteiger partial charge on any atom is 0.341 e. The van der Waals surface area contributed by atoms with Crippen LogP contribution in [0.1, 0.15) is 16.8 Å². The average molecular weight is 562 g/mol. The molecule has 0 aliphatic carbocycles. The number of benzene rings is 1. The third kappa shape index (κ3) is 4.26. The van der Waals surface area contributed by atoms with E-state index in [4.69, 9.17) is 0 Å². The van der Waals surface area contributed by atoms with Crippen LogP contribution in [0.2, 0.25) is 0 Å². The minimum absolute atomic E-state index is 0.0857. The van der Waals surface area contributed by atoms with E-state index in [-0.39, 0.29) is 16.3 Å². The third-order valence-corrected chi connectivity index (χ3v) is 7.81. The molecule has 0 radical (unpaired) electrons. The lowest BCUT2D eigenvalue weighted by molar-refractivity contribution is 0.0695. The number of aromatic carboxylic acids is 1. The van der Waals surface area contributed by atoms with Gasteiger partial charge in [0.2, 0.25) is 5.43 Å². The van der Waals surface area contributed by atoms with Crippen LogP contribution in [0.4, 0.5) is 20.2 Å². The van der Waals surface area contributed by atoms with Gasteiger partial charge in [-0.25, -0.2) is 23.5 Å². The van der Waals surface area contributed by atoms with Crippen LogP contribution < -0.4 is 15.6 Å². The lowest BCUT2D eigenvalue weighted by Gasteiger charge is -2.24. The van der Waals surface area contributed by atoms with Crippen molar-refractivity contribution < 1.29 is 18.7 Å². The lowest BCUT2D eigenvalue weighted by atomic mass is 10.0. The SMILES string of the molecule is CNc1cc(F)c(F)c2c1[nH]c1ncc(-c3cnc4c(c3)c(=O)c(C(=O)O)cn4C)c(N3CCC(CN(C)C)C3)c12. The van der Waals surface area contributed by atoms with Crippen molar-refractivity contribution in [2.24, 2.45) is 13.0 Å². The van der Waals surface area contributed by atoms with E-state index in [0.717, 1.165) is 19.0 Å². The highest BCUT2D eigenvalue weighted by molar-refractivity contribution is 6.18. The van der Waals surface area contributed by atoms with Gasteiger partial charge in [-0.05, 0) is 32.5 Å². The number of nitrogens with zero attached hydrogens (tertiary/aromatic N) is 5.